The minimum atomic E-state index is 0.722. The Kier molecular flexibility index (Phi) is 4.32. The van der Waals surface area contributed by atoms with Crippen LogP contribution < -0.4 is 0 Å². The van der Waals surface area contributed by atoms with Crippen LogP contribution in [0.25, 0.3) is 0 Å². The summed E-state index contributed by atoms with van der Waals surface area (Å²) in [6, 6.07) is 0.722. The van der Waals surface area contributed by atoms with Crippen molar-refractivity contribution in [1.82, 2.24) is 9.80 Å². The summed E-state index contributed by atoms with van der Waals surface area (Å²) in [4.78, 5) is 9.92. The first-order chi connectivity index (χ1) is 9.75. The number of hydrogen-bond acceptors (Lipinski definition) is 3. The summed E-state index contributed by atoms with van der Waals surface area (Å²) in [6.07, 6.45) is 10.4. The monoisotopic (exact) mass is 275 g/mol. The summed E-state index contributed by atoms with van der Waals surface area (Å²) < 4.78 is 0. The van der Waals surface area contributed by atoms with Crippen LogP contribution in [0.1, 0.15) is 58.3 Å². The molecule has 20 heavy (non-hydrogen) atoms. The molecule has 0 aromatic rings. The Balaban J connectivity index is 1.73. The number of hydrogen-bond donors (Lipinski definition) is 0. The van der Waals surface area contributed by atoms with E-state index in [1.807, 2.05) is 0 Å². The maximum Gasteiger partial charge on any atom is 0.201 e. The van der Waals surface area contributed by atoms with Gasteiger partial charge in [0.1, 0.15) is 0 Å². The van der Waals surface area contributed by atoms with Gasteiger partial charge in [0.2, 0.25) is 5.96 Å². The molecule has 2 aliphatic heterocycles. The van der Waals surface area contributed by atoms with Crippen molar-refractivity contribution < 1.29 is 0 Å². The first-order valence-electron chi connectivity index (χ1n) is 8.52. The van der Waals surface area contributed by atoms with Gasteiger partial charge in [-0.1, -0.05) is 13.5 Å². The van der Waals surface area contributed by atoms with Crippen LogP contribution in [-0.2, 0) is 0 Å². The van der Waals surface area contributed by atoms with E-state index in [0.717, 1.165) is 31.5 Å². The van der Waals surface area contributed by atoms with Gasteiger partial charge >= 0.3 is 0 Å². The van der Waals surface area contributed by atoms with E-state index >= 15 is 0 Å². The van der Waals surface area contributed by atoms with Crippen molar-refractivity contribution >= 4 is 5.96 Å². The van der Waals surface area contributed by atoms with Gasteiger partial charge in [-0.25, -0.2) is 0 Å². The highest BCUT2D eigenvalue weighted by Crippen LogP contribution is 2.30. The zero-order valence-corrected chi connectivity index (χ0v) is 13.0. The van der Waals surface area contributed by atoms with Gasteiger partial charge in [-0.05, 0) is 57.3 Å². The molecule has 0 bridgehead atoms. The van der Waals surface area contributed by atoms with Crippen LogP contribution >= 0.6 is 0 Å². The third-order valence-electron chi connectivity index (χ3n) is 5.21. The fourth-order valence-corrected chi connectivity index (χ4v) is 3.88. The van der Waals surface area contributed by atoms with Crippen LogP contribution in [-0.4, -0.2) is 41.4 Å². The smallest absolute Gasteiger partial charge is 0.201 e. The molecule has 2 heterocycles. The van der Waals surface area contributed by atoms with Gasteiger partial charge in [0.15, 0.2) is 0 Å². The predicted octanol–water partition coefficient (Wildman–Crippen LogP) is 3.63. The van der Waals surface area contributed by atoms with Gasteiger partial charge < -0.3 is 9.80 Å². The molecule has 3 aliphatic rings. The lowest BCUT2D eigenvalue weighted by Crippen LogP contribution is -2.52. The Bertz CT molecular complexity index is 380. The molecule has 0 aromatic heterocycles. The molecule has 112 valence electrons. The molecule has 1 saturated carbocycles. The number of aliphatic imine (C=N–C) groups is 1. The number of nitrogens with zero attached hydrogens (tertiary/aromatic N) is 3. The van der Waals surface area contributed by atoms with E-state index < -0.39 is 0 Å². The Hall–Kier alpha value is -0.990. The molecule has 2 fully saturated rings. The minimum Gasteiger partial charge on any atom is -0.340 e. The van der Waals surface area contributed by atoms with Crippen molar-refractivity contribution in [3.63, 3.8) is 0 Å². The highest BCUT2D eigenvalue weighted by atomic mass is 15.4. The molecular weight excluding hydrogens is 246 g/mol. The van der Waals surface area contributed by atoms with E-state index in [1.54, 1.807) is 0 Å². The molecule has 0 aromatic carbocycles. The lowest BCUT2D eigenvalue weighted by molar-refractivity contribution is 0.184. The first-order valence-corrected chi connectivity index (χ1v) is 8.52. The Labute approximate surface area is 123 Å². The fraction of sp³-hybridized carbons (Fsp3) is 0.824. The van der Waals surface area contributed by atoms with Gasteiger partial charge in [0.05, 0.1) is 0 Å². The van der Waals surface area contributed by atoms with Gasteiger partial charge in [-0.3, -0.25) is 4.99 Å². The van der Waals surface area contributed by atoms with E-state index in [9.17, 15) is 0 Å². The fourth-order valence-electron chi connectivity index (χ4n) is 3.88. The quantitative estimate of drug-likeness (QED) is 0.728. The molecule has 3 rings (SSSR count). The van der Waals surface area contributed by atoms with E-state index in [-0.39, 0.29) is 0 Å². The second-order valence-electron chi connectivity index (χ2n) is 6.82. The maximum atomic E-state index is 4.89. The zero-order chi connectivity index (χ0) is 13.9. The van der Waals surface area contributed by atoms with E-state index in [0.29, 0.717) is 0 Å². The van der Waals surface area contributed by atoms with E-state index in [2.05, 4.69) is 23.3 Å². The number of allylic oxidation sites excluding steroid dienone is 1. The number of piperidine rings is 1. The van der Waals surface area contributed by atoms with Crippen molar-refractivity contribution in [3.8, 4) is 0 Å². The topological polar surface area (TPSA) is 18.8 Å². The lowest BCUT2D eigenvalue weighted by atomic mass is 9.86. The molecule has 1 aliphatic carbocycles. The lowest BCUT2D eigenvalue weighted by Gasteiger charge is -2.44. The average Bonchev–Trinajstić information content (AvgIpc) is 2.49. The van der Waals surface area contributed by atoms with Crippen LogP contribution in [0.5, 0.6) is 0 Å². The van der Waals surface area contributed by atoms with Crippen molar-refractivity contribution in [1.29, 1.82) is 0 Å². The molecule has 0 radical (unpaired) electrons. The minimum absolute atomic E-state index is 0.722. The molecule has 0 spiro atoms. The molecule has 3 heteroatoms. The summed E-state index contributed by atoms with van der Waals surface area (Å²) in [5, 5.41) is 0. The molecule has 3 nitrogen and oxygen atoms in total. The number of rotatable bonds is 1. The Morgan fingerprint density at radius 1 is 1.05 bits per heavy atom. The van der Waals surface area contributed by atoms with Gasteiger partial charge in [-0.15, -0.1) is 0 Å². The maximum absolute atomic E-state index is 4.89. The van der Waals surface area contributed by atoms with Gasteiger partial charge in [-0.2, -0.15) is 0 Å². The van der Waals surface area contributed by atoms with Crippen molar-refractivity contribution in [2.24, 2.45) is 10.9 Å². The third-order valence-corrected chi connectivity index (χ3v) is 5.21. The SMILES string of the molecule is C=C1CCCCN1C1=NCCCN1C1CCC(C)CC1. The second-order valence-corrected chi connectivity index (χ2v) is 6.82. The summed E-state index contributed by atoms with van der Waals surface area (Å²) in [7, 11) is 0. The molecular formula is C17H29N3. The molecule has 0 N–H and O–H groups in total. The number of guanidine groups is 1. The van der Waals surface area contributed by atoms with Crippen molar-refractivity contribution in [3.05, 3.63) is 12.3 Å². The van der Waals surface area contributed by atoms with Crippen LogP contribution in [0.3, 0.4) is 0 Å². The van der Waals surface area contributed by atoms with Gasteiger partial charge in [0, 0.05) is 31.4 Å². The largest absolute Gasteiger partial charge is 0.340 e. The molecule has 0 unspecified atom stereocenters. The average molecular weight is 275 g/mol. The van der Waals surface area contributed by atoms with E-state index in [4.69, 9.17) is 4.99 Å². The normalized spacial score (nSPS) is 32.2. The first kappa shape index (κ1) is 14.0. The number of likely N-dealkylation sites (tertiary alicyclic amines) is 1. The van der Waals surface area contributed by atoms with Gasteiger partial charge in [0.25, 0.3) is 0 Å². The summed E-state index contributed by atoms with van der Waals surface area (Å²) >= 11 is 0. The highest BCUT2D eigenvalue weighted by Gasteiger charge is 2.31. The molecule has 0 amide bonds. The van der Waals surface area contributed by atoms with Crippen LogP contribution in [0.2, 0.25) is 0 Å². The van der Waals surface area contributed by atoms with Crippen LogP contribution in [0.15, 0.2) is 17.3 Å². The standard InChI is InChI=1S/C17H29N3/c1-14-7-9-16(10-8-14)20-13-5-11-18-17(20)19-12-4-3-6-15(19)2/h14,16H,2-13H2,1H3. The predicted molar refractivity (Wildman–Crippen MR) is 84.7 cm³/mol. The van der Waals surface area contributed by atoms with E-state index in [1.165, 1.54) is 63.1 Å². The van der Waals surface area contributed by atoms with Crippen LogP contribution in [0, 0.1) is 5.92 Å². The van der Waals surface area contributed by atoms with Crippen LogP contribution in [0.4, 0.5) is 0 Å². The summed E-state index contributed by atoms with van der Waals surface area (Å²) in [5.74, 6) is 2.17. The van der Waals surface area contributed by atoms with Crippen molar-refractivity contribution in [2.45, 2.75) is 64.3 Å². The summed E-state index contributed by atoms with van der Waals surface area (Å²) in [5.41, 5.74) is 1.28. The Morgan fingerprint density at radius 3 is 2.60 bits per heavy atom. The zero-order valence-electron chi connectivity index (χ0n) is 13.0. The summed E-state index contributed by atoms with van der Waals surface area (Å²) in [6.45, 7) is 9.99. The van der Waals surface area contributed by atoms with Crippen molar-refractivity contribution in [2.75, 3.05) is 19.6 Å². The third kappa shape index (κ3) is 2.87. The second kappa shape index (κ2) is 6.19. The highest BCUT2D eigenvalue weighted by molar-refractivity contribution is 5.82. The Morgan fingerprint density at radius 2 is 1.85 bits per heavy atom. The molecule has 0 atom stereocenters. The molecule has 1 saturated heterocycles.